The summed E-state index contributed by atoms with van der Waals surface area (Å²) in [5.74, 6) is 1.60. The third-order valence-electron chi connectivity index (χ3n) is 3.62. The average Bonchev–Trinajstić information content (AvgIpc) is 3.21. The first kappa shape index (κ1) is 12.4. The van der Waals surface area contributed by atoms with Crippen molar-refractivity contribution >= 4 is 22.2 Å². The third-order valence-corrected chi connectivity index (χ3v) is 4.48. The van der Waals surface area contributed by atoms with Gasteiger partial charge >= 0.3 is 0 Å². The summed E-state index contributed by atoms with van der Waals surface area (Å²) in [7, 11) is 0. The Morgan fingerprint density at radius 3 is 2.90 bits per heavy atom. The van der Waals surface area contributed by atoms with Gasteiger partial charge in [0.2, 0.25) is 5.89 Å². The molecule has 0 saturated carbocycles. The van der Waals surface area contributed by atoms with Crippen molar-refractivity contribution in [2.45, 2.75) is 13.5 Å². The van der Waals surface area contributed by atoms with Crippen LogP contribution in [-0.2, 0) is 6.54 Å². The maximum atomic E-state index is 5.81. The molecule has 0 saturated heterocycles. The maximum absolute atomic E-state index is 5.81. The van der Waals surface area contributed by atoms with Crippen LogP contribution < -0.4 is 0 Å². The van der Waals surface area contributed by atoms with Crippen molar-refractivity contribution in [3.8, 4) is 10.8 Å². The topological polar surface area (TPSA) is 31.0 Å². The molecule has 0 spiro atoms. The van der Waals surface area contributed by atoms with E-state index in [1.165, 1.54) is 10.9 Å². The first-order valence-corrected chi connectivity index (χ1v) is 7.73. The van der Waals surface area contributed by atoms with Crippen LogP contribution in [0.2, 0.25) is 0 Å². The van der Waals surface area contributed by atoms with Crippen molar-refractivity contribution in [2.75, 3.05) is 0 Å². The number of thiophene rings is 1. The first-order valence-electron chi connectivity index (χ1n) is 6.85. The molecule has 0 N–H and O–H groups in total. The standard InChI is InChI=1S/C17H14N2OS/c1-12-14(18-17(20-12)16-7-4-10-21-16)11-19-9-8-13-5-2-3-6-15(13)19/h2-10H,11H2,1H3. The molecule has 21 heavy (non-hydrogen) atoms. The number of nitrogens with zero attached hydrogens (tertiary/aromatic N) is 2. The van der Waals surface area contributed by atoms with Gasteiger partial charge in [0.1, 0.15) is 11.5 Å². The highest BCUT2D eigenvalue weighted by molar-refractivity contribution is 7.13. The van der Waals surface area contributed by atoms with Gasteiger partial charge in [-0.2, -0.15) is 0 Å². The third kappa shape index (κ3) is 2.17. The number of aromatic nitrogens is 2. The molecule has 3 aromatic heterocycles. The highest BCUT2D eigenvalue weighted by Gasteiger charge is 2.13. The van der Waals surface area contributed by atoms with Gasteiger partial charge in [0.25, 0.3) is 0 Å². The Labute approximate surface area is 126 Å². The van der Waals surface area contributed by atoms with Crippen LogP contribution in [0.1, 0.15) is 11.5 Å². The number of oxazole rings is 1. The molecule has 0 fully saturated rings. The van der Waals surface area contributed by atoms with Gasteiger partial charge in [-0.15, -0.1) is 11.3 Å². The van der Waals surface area contributed by atoms with Gasteiger partial charge in [-0.25, -0.2) is 4.98 Å². The smallest absolute Gasteiger partial charge is 0.236 e. The molecule has 3 heterocycles. The Morgan fingerprint density at radius 2 is 2.05 bits per heavy atom. The minimum Gasteiger partial charge on any atom is -0.440 e. The second-order valence-corrected chi connectivity index (χ2v) is 5.95. The van der Waals surface area contributed by atoms with E-state index in [4.69, 9.17) is 4.42 Å². The second kappa shape index (κ2) is 4.90. The number of fused-ring (bicyclic) bond motifs is 1. The molecule has 0 unspecified atom stereocenters. The summed E-state index contributed by atoms with van der Waals surface area (Å²) in [5, 5.41) is 3.28. The number of hydrogen-bond donors (Lipinski definition) is 0. The average molecular weight is 294 g/mol. The summed E-state index contributed by atoms with van der Waals surface area (Å²) in [5.41, 5.74) is 2.21. The summed E-state index contributed by atoms with van der Waals surface area (Å²) < 4.78 is 8.01. The van der Waals surface area contributed by atoms with Crippen molar-refractivity contribution in [1.82, 2.24) is 9.55 Å². The van der Waals surface area contributed by atoms with E-state index in [0.717, 1.165) is 22.9 Å². The van der Waals surface area contributed by atoms with E-state index in [1.807, 2.05) is 24.4 Å². The quantitative estimate of drug-likeness (QED) is 0.547. The molecule has 104 valence electrons. The fraction of sp³-hybridized carbons (Fsp3) is 0.118. The first-order chi connectivity index (χ1) is 10.3. The molecule has 0 aliphatic heterocycles. The van der Waals surface area contributed by atoms with Crippen molar-refractivity contribution in [3.05, 3.63) is 65.5 Å². The lowest BCUT2D eigenvalue weighted by molar-refractivity contribution is 0.539. The van der Waals surface area contributed by atoms with E-state index in [0.29, 0.717) is 5.89 Å². The summed E-state index contributed by atoms with van der Waals surface area (Å²) in [6, 6.07) is 14.5. The molecule has 4 heteroatoms. The molecular weight excluding hydrogens is 280 g/mol. The van der Waals surface area contributed by atoms with E-state index >= 15 is 0 Å². The van der Waals surface area contributed by atoms with E-state index in [-0.39, 0.29) is 0 Å². The molecule has 0 radical (unpaired) electrons. The molecule has 1 aromatic carbocycles. The minimum atomic E-state index is 0.717. The summed E-state index contributed by atoms with van der Waals surface area (Å²) in [4.78, 5) is 5.73. The molecule has 4 aromatic rings. The van der Waals surface area contributed by atoms with Crippen LogP contribution in [0.4, 0.5) is 0 Å². The Balaban J connectivity index is 1.71. The monoisotopic (exact) mass is 294 g/mol. The van der Waals surface area contributed by atoms with Gasteiger partial charge in [0, 0.05) is 11.7 Å². The summed E-state index contributed by atoms with van der Waals surface area (Å²) in [6.45, 7) is 2.71. The zero-order valence-corrected chi connectivity index (χ0v) is 12.4. The number of para-hydroxylation sites is 1. The molecule has 0 aliphatic rings. The SMILES string of the molecule is Cc1oc(-c2cccs2)nc1Cn1ccc2ccccc21. The largest absolute Gasteiger partial charge is 0.440 e. The van der Waals surface area contributed by atoms with Crippen molar-refractivity contribution in [2.24, 2.45) is 0 Å². The van der Waals surface area contributed by atoms with Gasteiger partial charge in [-0.05, 0) is 35.9 Å². The highest BCUT2D eigenvalue weighted by atomic mass is 32.1. The second-order valence-electron chi connectivity index (χ2n) is 5.00. The Kier molecular flexibility index (Phi) is 2.89. The molecule has 3 nitrogen and oxygen atoms in total. The van der Waals surface area contributed by atoms with Crippen LogP contribution >= 0.6 is 11.3 Å². The molecular formula is C17H14N2OS. The lowest BCUT2D eigenvalue weighted by Gasteiger charge is -2.02. The number of aryl methyl sites for hydroxylation is 1. The lowest BCUT2D eigenvalue weighted by Crippen LogP contribution is -1.99. The van der Waals surface area contributed by atoms with Crippen LogP contribution in [-0.4, -0.2) is 9.55 Å². The van der Waals surface area contributed by atoms with Crippen LogP contribution in [0.3, 0.4) is 0 Å². The molecule has 0 bridgehead atoms. The molecule has 0 aliphatic carbocycles. The number of rotatable bonds is 3. The van der Waals surface area contributed by atoms with Gasteiger partial charge in [0.15, 0.2) is 0 Å². The molecule has 0 amide bonds. The zero-order valence-electron chi connectivity index (χ0n) is 11.6. The van der Waals surface area contributed by atoms with Crippen molar-refractivity contribution in [3.63, 3.8) is 0 Å². The van der Waals surface area contributed by atoms with Crippen molar-refractivity contribution < 1.29 is 4.42 Å². The van der Waals surface area contributed by atoms with Crippen molar-refractivity contribution in [1.29, 1.82) is 0 Å². The van der Waals surface area contributed by atoms with Gasteiger partial charge in [-0.3, -0.25) is 0 Å². The zero-order chi connectivity index (χ0) is 14.2. The van der Waals surface area contributed by atoms with Gasteiger partial charge < -0.3 is 8.98 Å². The Bertz CT molecular complexity index is 887. The summed E-state index contributed by atoms with van der Waals surface area (Å²) in [6.07, 6.45) is 2.10. The fourth-order valence-electron chi connectivity index (χ4n) is 2.52. The molecule has 0 atom stereocenters. The number of hydrogen-bond acceptors (Lipinski definition) is 3. The fourth-order valence-corrected chi connectivity index (χ4v) is 3.17. The van der Waals surface area contributed by atoms with E-state index in [2.05, 4.69) is 46.1 Å². The van der Waals surface area contributed by atoms with Crippen LogP contribution in [0.5, 0.6) is 0 Å². The van der Waals surface area contributed by atoms with E-state index in [9.17, 15) is 0 Å². The Morgan fingerprint density at radius 1 is 1.14 bits per heavy atom. The normalized spacial score (nSPS) is 11.3. The van der Waals surface area contributed by atoms with Crippen LogP contribution in [0.15, 0.2) is 58.5 Å². The Hall–Kier alpha value is -2.33. The highest BCUT2D eigenvalue weighted by Crippen LogP contribution is 2.26. The minimum absolute atomic E-state index is 0.717. The van der Waals surface area contributed by atoms with Crippen LogP contribution in [0, 0.1) is 6.92 Å². The predicted molar refractivity (Wildman–Crippen MR) is 85.6 cm³/mol. The van der Waals surface area contributed by atoms with Gasteiger partial charge in [0.05, 0.1) is 11.4 Å². The van der Waals surface area contributed by atoms with E-state index in [1.54, 1.807) is 11.3 Å². The van der Waals surface area contributed by atoms with E-state index < -0.39 is 0 Å². The van der Waals surface area contributed by atoms with Gasteiger partial charge in [-0.1, -0.05) is 24.3 Å². The predicted octanol–water partition coefficient (Wildman–Crippen LogP) is 4.71. The maximum Gasteiger partial charge on any atom is 0.236 e. The number of benzene rings is 1. The molecule has 4 rings (SSSR count). The van der Waals surface area contributed by atoms with Crippen LogP contribution in [0.25, 0.3) is 21.7 Å². The summed E-state index contributed by atoms with van der Waals surface area (Å²) >= 11 is 1.65. The lowest BCUT2D eigenvalue weighted by atomic mass is 10.2.